The van der Waals surface area contributed by atoms with E-state index in [1.165, 1.54) is 6.07 Å². The molecule has 1 aliphatic rings. The molecule has 2 amide bonds. The molecule has 0 spiro atoms. The number of ether oxygens (including phenoxy) is 2. The van der Waals surface area contributed by atoms with E-state index in [1.807, 2.05) is 42.5 Å². The van der Waals surface area contributed by atoms with Crippen molar-refractivity contribution in [2.45, 2.75) is 12.5 Å². The van der Waals surface area contributed by atoms with Crippen LogP contribution in [0.3, 0.4) is 0 Å². The number of carbonyl (C=O) groups is 1. The number of nitrogens with one attached hydrogen (secondary N) is 1. The third-order valence-corrected chi connectivity index (χ3v) is 5.42. The van der Waals surface area contributed by atoms with E-state index in [0.29, 0.717) is 24.5 Å². The van der Waals surface area contributed by atoms with Crippen molar-refractivity contribution in [1.82, 2.24) is 4.90 Å². The number of amides is 2. The van der Waals surface area contributed by atoms with Gasteiger partial charge in [0.2, 0.25) is 0 Å². The highest BCUT2D eigenvalue weighted by atomic mass is 19.1. The maximum atomic E-state index is 14.1. The summed E-state index contributed by atoms with van der Waals surface area (Å²) in [5, 5.41) is 2.58. The molecule has 1 heterocycles. The second kappa shape index (κ2) is 8.63. The van der Waals surface area contributed by atoms with Crippen LogP contribution in [-0.4, -0.2) is 31.7 Å². The van der Waals surface area contributed by atoms with Crippen LogP contribution in [0.2, 0.25) is 0 Å². The van der Waals surface area contributed by atoms with E-state index in [9.17, 15) is 13.6 Å². The van der Waals surface area contributed by atoms with E-state index in [0.717, 1.165) is 28.8 Å². The van der Waals surface area contributed by atoms with Gasteiger partial charge in [0.15, 0.2) is 11.5 Å². The van der Waals surface area contributed by atoms with Gasteiger partial charge in [-0.2, -0.15) is 0 Å². The molecule has 0 aliphatic carbocycles. The number of benzene rings is 3. The minimum atomic E-state index is -0.826. The van der Waals surface area contributed by atoms with E-state index in [1.54, 1.807) is 19.1 Å². The average molecular weight is 424 g/mol. The van der Waals surface area contributed by atoms with E-state index in [2.05, 4.69) is 5.32 Å². The van der Waals surface area contributed by atoms with Gasteiger partial charge in [-0.15, -0.1) is 0 Å². The Labute approximate surface area is 179 Å². The highest BCUT2D eigenvalue weighted by molar-refractivity contribution is 5.90. The van der Waals surface area contributed by atoms with Crippen LogP contribution in [0.25, 0.3) is 0 Å². The van der Waals surface area contributed by atoms with Gasteiger partial charge in [0.25, 0.3) is 0 Å². The minimum Gasteiger partial charge on any atom is -0.493 e. The van der Waals surface area contributed by atoms with Crippen LogP contribution < -0.4 is 14.8 Å². The number of hydrogen-bond donors (Lipinski definition) is 1. The fraction of sp³-hybridized carbons (Fsp3) is 0.208. The lowest BCUT2D eigenvalue weighted by atomic mass is 9.88. The Morgan fingerprint density at radius 1 is 1.00 bits per heavy atom. The van der Waals surface area contributed by atoms with Gasteiger partial charge in [-0.25, -0.2) is 13.6 Å². The Balaban J connectivity index is 1.75. The zero-order valence-corrected chi connectivity index (χ0v) is 17.2. The van der Waals surface area contributed by atoms with Gasteiger partial charge >= 0.3 is 6.03 Å². The number of carbonyl (C=O) groups excluding carboxylic acids is 1. The van der Waals surface area contributed by atoms with Gasteiger partial charge in [-0.3, -0.25) is 0 Å². The summed E-state index contributed by atoms with van der Waals surface area (Å²) in [4.78, 5) is 14.8. The monoisotopic (exact) mass is 424 g/mol. The van der Waals surface area contributed by atoms with Gasteiger partial charge in [0.1, 0.15) is 11.6 Å². The van der Waals surface area contributed by atoms with E-state index < -0.39 is 23.7 Å². The average Bonchev–Trinajstić information content (AvgIpc) is 2.79. The lowest BCUT2D eigenvalue weighted by Gasteiger charge is -2.38. The zero-order valence-electron chi connectivity index (χ0n) is 17.2. The molecule has 31 heavy (non-hydrogen) atoms. The van der Waals surface area contributed by atoms with Crippen molar-refractivity contribution in [2.24, 2.45) is 0 Å². The van der Waals surface area contributed by atoms with Crippen LogP contribution in [0.15, 0.2) is 60.7 Å². The molecule has 0 fully saturated rings. The highest BCUT2D eigenvalue weighted by Gasteiger charge is 2.33. The molecule has 3 aromatic rings. The molecule has 0 aromatic heterocycles. The van der Waals surface area contributed by atoms with Crippen molar-refractivity contribution in [3.63, 3.8) is 0 Å². The first-order valence-electron chi connectivity index (χ1n) is 9.84. The Morgan fingerprint density at radius 2 is 1.71 bits per heavy atom. The Kier molecular flexibility index (Phi) is 5.75. The highest BCUT2D eigenvalue weighted by Crippen LogP contribution is 2.41. The molecule has 0 unspecified atom stereocenters. The molecule has 0 bridgehead atoms. The molecule has 0 saturated carbocycles. The number of fused-ring (bicyclic) bond motifs is 1. The van der Waals surface area contributed by atoms with E-state index in [-0.39, 0.29) is 5.69 Å². The molecule has 5 nitrogen and oxygen atoms in total. The van der Waals surface area contributed by atoms with Crippen LogP contribution in [0.1, 0.15) is 22.7 Å². The number of urea groups is 1. The lowest BCUT2D eigenvalue weighted by molar-refractivity contribution is 0.193. The normalized spacial score (nSPS) is 15.2. The summed E-state index contributed by atoms with van der Waals surface area (Å²) < 4.78 is 38.3. The molecule has 7 heteroatoms. The fourth-order valence-corrected chi connectivity index (χ4v) is 3.94. The first-order valence-corrected chi connectivity index (χ1v) is 9.84. The van der Waals surface area contributed by atoms with Crippen molar-refractivity contribution in [2.75, 3.05) is 26.1 Å². The van der Waals surface area contributed by atoms with E-state index >= 15 is 0 Å². The largest absolute Gasteiger partial charge is 0.493 e. The molecule has 1 N–H and O–H groups in total. The third kappa shape index (κ3) is 4.03. The molecular formula is C24H22F2N2O3. The number of anilines is 1. The summed E-state index contributed by atoms with van der Waals surface area (Å²) in [6, 6.07) is 15.6. The first kappa shape index (κ1) is 20.7. The van der Waals surface area contributed by atoms with Crippen LogP contribution in [0.4, 0.5) is 19.3 Å². The molecule has 1 aliphatic heterocycles. The predicted molar refractivity (Wildman–Crippen MR) is 114 cm³/mol. The molecule has 4 rings (SSSR count). The predicted octanol–water partition coefficient (Wildman–Crippen LogP) is 5.16. The van der Waals surface area contributed by atoms with E-state index in [4.69, 9.17) is 9.47 Å². The Hall–Kier alpha value is -3.61. The summed E-state index contributed by atoms with van der Waals surface area (Å²) >= 11 is 0. The SMILES string of the molecule is COc1cc2c(cc1OC)[C@@H](c1ccccc1)N(C(=O)Nc1ccc(F)cc1F)CC2. The third-order valence-electron chi connectivity index (χ3n) is 5.42. The topological polar surface area (TPSA) is 50.8 Å². The summed E-state index contributed by atoms with van der Waals surface area (Å²) in [7, 11) is 3.14. The van der Waals surface area contributed by atoms with Crippen LogP contribution in [0, 0.1) is 11.6 Å². The molecule has 160 valence electrons. The van der Waals surface area contributed by atoms with Crippen molar-refractivity contribution in [3.05, 3.63) is 89.0 Å². The number of halogens is 2. The second-order valence-electron chi connectivity index (χ2n) is 7.22. The van der Waals surface area contributed by atoms with Crippen LogP contribution in [0.5, 0.6) is 11.5 Å². The zero-order chi connectivity index (χ0) is 22.0. The Morgan fingerprint density at radius 3 is 2.39 bits per heavy atom. The minimum absolute atomic E-state index is 0.0729. The van der Waals surface area contributed by atoms with Gasteiger partial charge in [0, 0.05) is 12.6 Å². The van der Waals surface area contributed by atoms with Crippen LogP contribution >= 0.6 is 0 Å². The summed E-state index contributed by atoms with van der Waals surface area (Å²) in [6.45, 7) is 0.413. The van der Waals surface area contributed by atoms with Crippen molar-refractivity contribution in [1.29, 1.82) is 0 Å². The van der Waals surface area contributed by atoms with Gasteiger partial charge in [-0.05, 0) is 47.4 Å². The second-order valence-corrected chi connectivity index (χ2v) is 7.22. The Bertz CT molecular complexity index is 1110. The maximum absolute atomic E-state index is 14.1. The van der Waals surface area contributed by atoms with Gasteiger partial charge in [-0.1, -0.05) is 30.3 Å². The number of rotatable bonds is 4. The smallest absolute Gasteiger partial charge is 0.322 e. The fourth-order valence-electron chi connectivity index (χ4n) is 3.94. The van der Waals surface area contributed by atoms with Gasteiger partial charge in [0.05, 0.1) is 25.9 Å². The van der Waals surface area contributed by atoms with Crippen molar-refractivity contribution < 1.29 is 23.0 Å². The molecule has 0 radical (unpaired) electrons. The number of hydrogen-bond acceptors (Lipinski definition) is 3. The summed E-state index contributed by atoms with van der Waals surface area (Å²) in [5.41, 5.74) is 2.79. The van der Waals surface area contributed by atoms with Crippen molar-refractivity contribution >= 4 is 11.7 Å². The lowest BCUT2D eigenvalue weighted by Crippen LogP contribution is -2.43. The summed E-state index contributed by atoms with van der Waals surface area (Å²) in [6.07, 6.45) is 0.596. The molecule has 0 saturated heterocycles. The summed E-state index contributed by atoms with van der Waals surface area (Å²) in [5.74, 6) is -0.340. The quantitative estimate of drug-likeness (QED) is 0.629. The standard InChI is InChI=1S/C24H22F2N2O3/c1-30-21-12-16-10-11-28(24(29)27-20-9-8-17(25)13-19(20)26)23(15-6-4-3-5-7-15)18(16)14-22(21)31-2/h3-9,12-14,23H,10-11H2,1-2H3,(H,27,29)/t23-/m1/s1. The van der Waals surface area contributed by atoms with Crippen molar-refractivity contribution in [3.8, 4) is 11.5 Å². The molecule has 3 aromatic carbocycles. The number of methoxy groups -OCH3 is 2. The van der Waals surface area contributed by atoms with Crippen LogP contribution in [-0.2, 0) is 6.42 Å². The maximum Gasteiger partial charge on any atom is 0.322 e. The first-order chi connectivity index (χ1) is 15.0. The van der Waals surface area contributed by atoms with Gasteiger partial charge < -0.3 is 19.7 Å². The molecular weight excluding hydrogens is 402 g/mol. The molecule has 1 atom stereocenters. The number of nitrogens with zero attached hydrogens (tertiary/aromatic N) is 1.